The van der Waals surface area contributed by atoms with Crippen LogP contribution in [0.15, 0.2) is 24.3 Å². The molecular weight excluding hydrogens is 286 g/mol. The lowest BCUT2D eigenvalue weighted by molar-refractivity contribution is -0.308. The smallest absolute Gasteiger partial charge is 0.408 e. The maximum atomic E-state index is 11.7. The van der Waals surface area contributed by atoms with Gasteiger partial charge < -0.3 is 24.7 Å². The van der Waals surface area contributed by atoms with Gasteiger partial charge in [0, 0.05) is 0 Å². The summed E-state index contributed by atoms with van der Waals surface area (Å²) >= 11 is 0. The molecule has 0 saturated heterocycles. The number of alkyl carbamates (subject to hydrolysis) is 1. The number of hydrogen-bond acceptors (Lipinski definition) is 5. The van der Waals surface area contributed by atoms with Crippen molar-refractivity contribution in [2.75, 3.05) is 6.61 Å². The van der Waals surface area contributed by atoms with Gasteiger partial charge in [0.05, 0.1) is 18.6 Å². The van der Waals surface area contributed by atoms with Crippen LogP contribution in [0.2, 0.25) is 0 Å². The standard InChI is InChI=1S/C16H23NO5/c1-5-21-12-8-6-11(7-9-12)10-13(14(18)19)17-15(20)22-16(2,3)4/h6-9,13H,5,10H2,1-4H3,(H,17,20)(H,18,19)/p-1/t13-/m0/s1. The quantitative estimate of drug-likeness (QED) is 0.855. The molecule has 0 unspecified atom stereocenters. The number of amides is 1. The third kappa shape index (κ3) is 6.47. The van der Waals surface area contributed by atoms with Crippen molar-refractivity contribution in [2.45, 2.75) is 45.8 Å². The summed E-state index contributed by atoms with van der Waals surface area (Å²) in [7, 11) is 0. The van der Waals surface area contributed by atoms with Gasteiger partial charge in [-0.1, -0.05) is 12.1 Å². The largest absolute Gasteiger partial charge is 0.548 e. The molecule has 0 spiro atoms. The van der Waals surface area contributed by atoms with Crippen LogP contribution in [-0.4, -0.2) is 30.3 Å². The predicted octanol–water partition coefficient (Wildman–Crippen LogP) is 1.27. The highest BCUT2D eigenvalue weighted by Crippen LogP contribution is 2.14. The van der Waals surface area contributed by atoms with E-state index in [9.17, 15) is 14.7 Å². The Balaban J connectivity index is 2.68. The highest BCUT2D eigenvalue weighted by molar-refractivity contribution is 5.79. The number of hydrogen-bond donors (Lipinski definition) is 1. The molecule has 122 valence electrons. The first-order valence-electron chi connectivity index (χ1n) is 7.13. The van der Waals surface area contributed by atoms with Crippen molar-refractivity contribution in [3.63, 3.8) is 0 Å². The second kappa shape index (κ2) is 7.68. The van der Waals surface area contributed by atoms with E-state index in [0.717, 1.165) is 5.56 Å². The van der Waals surface area contributed by atoms with Crippen molar-refractivity contribution in [3.05, 3.63) is 29.8 Å². The van der Waals surface area contributed by atoms with E-state index in [1.54, 1.807) is 45.0 Å². The Labute approximate surface area is 130 Å². The molecule has 0 aliphatic carbocycles. The molecule has 1 rings (SSSR count). The van der Waals surface area contributed by atoms with E-state index in [4.69, 9.17) is 9.47 Å². The number of carbonyl (C=O) groups excluding carboxylic acids is 2. The average molecular weight is 308 g/mol. The number of nitrogens with one attached hydrogen (secondary N) is 1. The second-order valence-corrected chi connectivity index (χ2v) is 5.80. The summed E-state index contributed by atoms with van der Waals surface area (Å²) in [6.07, 6.45) is -0.679. The molecule has 22 heavy (non-hydrogen) atoms. The van der Waals surface area contributed by atoms with Crippen molar-refractivity contribution < 1.29 is 24.2 Å². The van der Waals surface area contributed by atoms with Gasteiger partial charge in [-0.25, -0.2) is 4.79 Å². The molecule has 0 fully saturated rings. The topological polar surface area (TPSA) is 87.7 Å². The van der Waals surface area contributed by atoms with Crippen LogP contribution in [-0.2, 0) is 16.0 Å². The fourth-order valence-electron chi connectivity index (χ4n) is 1.77. The summed E-state index contributed by atoms with van der Waals surface area (Å²) in [6.45, 7) is 7.54. The molecule has 1 atom stereocenters. The van der Waals surface area contributed by atoms with E-state index < -0.39 is 23.7 Å². The maximum Gasteiger partial charge on any atom is 0.408 e. The lowest BCUT2D eigenvalue weighted by atomic mass is 10.1. The third-order valence-electron chi connectivity index (χ3n) is 2.65. The van der Waals surface area contributed by atoms with Crippen molar-refractivity contribution in [2.24, 2.45) is 0 Å². The lowest BCUT2D eigenvalue weighted by Gasteiger charge is -2.24. The van der Waals surface area contributed by atoms with E-state index in [1.165, 1.54) is 0 Å². The van der Waals surface area contributed by atoms with E-state index in [2.05, 4.69) is 5.32 Å². The fourth-order valence-corrected chi connectivity index (χ4v) is 1.77. The minimum Gasteiger partial charge on any atom is -0.548 e. The van der Waals surface area contributed by atoms with Crippen molar-refractivity contribution in [1.29, 1.82) is 0 Å². The van der Waals surface area contributed by atoms with Gasteiger partial charge in [-0.05, 0) is 51.8 Å². The first kappa shape index (κ1) is 17.8. The van der Waals surface area contributed by atoms with Crippen molar-refractivity contribution >= 4 is 12.1 Å². The van der Waals surface area contributed by atoms with Crippen LogP contribution in [0.4, 0.5) is 4.79 Å². The fraction of sp³-hybridized carbons (Fsp3) is 0.500. The molecule has 0 heterocycles. The average Bonchev–Trinajstić information content (AvgIpc) is 2.38. The second-order valence-electron chi connectivity index (χ2n) is 5.80. The molecule has 1 N–H and O–H groups in total. The monoisotopic (exact) mass is 308 g/mol. The van der Waals surface area contributed by atoms with Crippen LogP contribution >= 0.6 is 0 Å². The van der Waals surface area contributed by atoms with Crippen LogP contribution in [0, 0.1) is 0 Å². The van der Waals surface area contributed by atoms with E-state index in [-0.39, 0.29) is 6.42 Å². The third-order valence-corrected chi connectivity index (χ3v) is 2.65. The SMILES string of the molecule is CCOc1ccc(C[C@H](NC(=O)OC(C)(C)C)C(=O)[O-])cc1. The van der Waals surface area contributed by atoms with Gasteiger partial charge in [-0.15, -0.1) is 0 Å². The molecule has 6 heteroatoms. The lowest BCUT2D eigenvalue weighted by Crippen LogP contribution is -2.50. The highest BCUT2D eigenvalue weighted by atomic mass is 16.6. The number of benzene rings is 1. The van der Waals surface area contributed by atoms with E-state index in [0.29, 0.717) is 12.4 Å². The van der Waals surface area contributed by atoms with E-state index in [1.807, 2.05) is 6.92 Å². The van der Waals surface area contributed by atoms with E-state index >= 15 is 0 Å². The number of carbonyl (C=O) groups is 2. The number of carboxylic acid groups (broad SMARTS) is 1. The molecule has 0 aliphatic heterocycles. The minimum atomic E-state index is -1.36. The Kier molecular flexibility index (Phi) is 6.22. The Bertz CT molecular complexity index is 504. The summed E-state index contributed by atoms with van der Waals surface area (Å²) in [5.41, 5.74) is 0.0494. The van der Waals surface area contributed by atoms with Gasteiger partial charge in [0.25, 0.3) is 0 Å². The summed E-state index contributed by atoms with van der Waals surface area (Å²) < 4.78 is 10.4. The molecular formula is C16H22NO5-. The Hall–Kier alpha value is -2.24. The van der Waals surface area contributed by atoms with Gasteiger partial charge in [0.15, 0.2) is 0 Å². The summed E-state index contributed by atoms with van der Waals surface area (Å²) in [5.74, 6) is -0.656. The van der Waals surface area contributed by atoms with Gasteiger partial charge in [-0.2, -0.15) is 0 Å². The van der Waals surface area contributed by atoms with Crippen LogP contribution < -0.4 is 15.2 Å². The highest BCUT2D eigenvalue weighted by Gasteiger charge is 2.20. The van der Waals surface area contributed by atoms with Crippen LogP contribution in [0.5, 0.6) is 5.75 Å². The molecule has 0 aliphatic rings. The van der Waals surface area contributed by atoms with Gasteiger partial charge in [0.2, 0.25) is 0 Å². The zero-order valence-corrected chi connectivity index (χ0v) is 13.3. The molecule has 1 aromatic rings. The zero-order valence-electron chi connectivity index (χ0n) is 13.3. The van der Waals surface area contributed by atoms with Gasteiger partial charge in [0.1, 0.15) is 11.4 Å². The van der Waals surface area contributed by atoms with Crippen molar-refractivity contribution in [1.82, 2.24) is 5.32 Å². The number of ether oxygens (including phenoxy) is 2. The first-order chi connectivity index (χ1) is 10.2. The van der Waals surface area contributed by atoms with Gasteiger partial charge >= 0.3 is 6.09 Å². The molecule has 1 aromatic carbocycles. The van der Waals surface area contributed by atoms with Crippen LogP contribution in [0.1, 0.15) is 33.3 Å². The molecule has 0 radical (unpaired) electrons. The molecule has 0 saturated carbocycles. The predicted molar refractivity (Wildman–Crippen MR) is 79.5 cm³/mol. The Morgan fingerprint density at radius 3 is 2.27 bits per heavy atom. The first-order valence-corrected chi connectivity index (χ1v) is 7.13. The summed E-state index contributed by atoms with van der Waals surface area (Å²) in [6, 6.07) is 5.83. The molecule has 6 nitrogen and oxygen atoms in total. The molecule has 0 bridgehead atoms. The van der Waals surface area contributed by atoms with Crippen LogP contribution in [0.25, 0.3) is 0 Å². The number of carboxylic acids is 1. The maximum absolute atomic E-state index is 11.7. The Morgan fingerprint density at radius 1 is 1.23 bits per heavy atom. The number of rotatable bonds is 6. The summed E-state index contributed by atoms with van der Waals surface area (Å²) in [4.78, 5) is 22.8. The molecule has 1 amide bonds. The van der Waals surface area contributed by atoms with Gasteiger partial charge in [-0.3, -0.25) is 0 Å². The zero-order chi connectivity index (χ0) is 16.8. The molecule has 0 aromatic heterocycles. The Morgan fingerprint density at radius 2 is 1.82 bits per heavy atom. The number of aliphatic carboxylic acids is 1. The van der Waals surface area contributed by atoms with Crippen molar-refractivity contribution in [3.8, 4) is 5.75 Å². The normalized spacial score (nSPS) is 12.4. The summed E-state index contributed by atoms with van der Waals surface area (Å²) in [5, 5.41) is 13.5. The minimum absolute atomic E-state index is 0.105. The van der Waals surface area contributed by atoms with Crippen LogP contribution in [0.3, 0.4) is 0 Å².